The van der Waals surface area contributed by atoms with Gasteiger partial charge in [-0.1, -0.05) is 30.3 Å². The van der Waals surface area contributed by atoms with Gasteiger partial charge in [0.25, 0.3) is 0 Å². The maximum atomic E-state index is 12.9. The highest BCUT2D eigenvalue weighted by molar-refractivity contribution is 7.99. The molecule has 1 aromatic carbocycles. The molecule has 7 heteroatoms. The molecule has 2 N–H and O–H groups in total. The molecular weight excluding hydrogens is 364 g/mol. The number of carboxylic acid groups (broad SMARTS) is 1. The minimum Gasteiger partial charge on any atom is -0.480 e. The summed E-state index contributed by atoms with van der Waals surface area (Å²) in [6.45, 7) is 3.39. The van der Waals surface area contributed by atoms with Gasteiger partial charge in [0.1, 0.15) is 12.6 Å². The summed E-state index contributed by atoms with van der Waals surface area (Å²) in [6, 6.07) is 9.08. The third-order valence-corrected chi connectivity index (χ3v) is 5.98. The number of thioether (sulfide) groups is 1. The minimum absolute atomic E-state index is 0.181. The molecule has 1 aromatic rings. The van der Waals surface area contributed by atoms with Crippen LogP contribution in [-0.4, -0.2) is 57.4 Å². The zero-order valence-electron chi connectivity index (χ0n) is 16.1. The Bertz CT molecular complexity index is 678. The molecule has 1 aliphatic rings. The molecule has 0 spiro atoms. The summed E-state index contributed by atoms with van der Waals surface area (Å²) in [5.41, 5.74) is 0.519. The maximum Gasteiger partial charge on any atom is 0.323 e. The second-order valence-electron chi connectivity index (χ2n) is 7.50. The molecule has 0 aromatic heterocycles. The van der Waals surface area contributed by atoms with Crippen molar-refractivity contribution in [2.24, 2.45) is 0 Å². The molecule has 0 bridgehead atoms. The number of benzene rings is 1. The Kier molecular flexibility index (Phi) is 7.30. The summed E-state index contributed by atoms with van der Waals surface area (Å²) in [7, 11) is 0. The number of nitrogens with zero attached hydrogens (tertiary/aromatic N) is 1. The van der Waals surface area contributed by atoms with Crippen LogP contribution in [0.3, 0.4) is 0 Å². The Morgan fingerprint density at radius 2 is 2.00 bits per heavy atom. The van der Waals surface area contributed by atoms with Gasteiger partial charge in [0.15, 0.2) is 0 Å². The largest absolute Gasteiger partial charge is 0.480 e. The van der Waals surface area contributed by atoms with Gasteiger partial charge in [-0.05, 0) is 51.3 Å². The third kappa shape index (κ3) is 5.73. The van der Waals surface area contributed by atoms with Gasteiger partial charge in [-0.2, -0.15) is 11.8 Å². The fraction of sp³-hybridized carbons (Fsp3) is 0.550. The predicted molar refractivity (Wildman–Crippen MR) is 107 cm³/mol. The first kappa shape index (κ1) is 21.3. The lowest BCUT2D eigenvalue weighted by Gasteiger charge is -2.37. The Hall–Kier alpha value is -2.02. The number of amides is 2. The number of carboxylic acids is 1. The van der Waals surface area contributed by atoms with E-state index in [-0.39, 0.29) is 23.6 Å². The van der Waals surface area contributed by atoms with E-state index < -0.39 is 17.6 Å². The van der Waals surface area contributed by atoms with Crippen LogP contribution in [0.1, 0.15) is 38.7 Å². The lowest BCUT2D eigenvalue weighted by Crippen LogP contribution is -2.56. The number of carbonyl (C=O) groups excluding carboxylic acids is 2. The summed E-state index contributed by atoms with van der Waals surface area (Å²) >= 11 is 1.45. The van der Waals surface area contributed by atoms with Crippen LogP contribution >= 0.6 is 11.8 Å². The van der Waals surface area contributed by atoms with E-state index in [0.29, 0.717) is 19.3 Å². The number of hydrogen-bond donors (Lipinski definition) is 2. The van der Waals surface area contributed by atoms with Crippen LogP contribution in [0.15, 0.2) is 30.3 Å². The van der Waals surface area contributed by atoms with Gasteiger partial charge < -0.3 is 15.3 Å². The zero-order valence-corrected chi connectivity index (χ0v) is 16.9. The van der Waals surface area contributed by atoms with Crippen LogP contribution in [0.25, 0.3) is 0 Å². The van der Waals surface area contributed by atoms with Crippen molar-refractivity contribution in [2.75, 3.05) is 12.8 Å². The number of carbonyl (C=O) groups is 3. The standard InChI is InChI=1S/C20H28N2O4S/c1-20(2)11-7-10-15(19(26)22(20)13-17(23)24)21-18(25)16(27-3)12-14-8-5-4-6-9-14/h4-6,8-9,15-16H,7,10-13H2,1-3H3,(H,21,25)(H,23,24)/t15-,16-/m0/s1. The highest BCUT2D eigenvalue weighted by atomic mass is 32.2. The minimum atomic E-state index is -1.05. The molecule has 1 aliphatic heterocycles. The molecule has 2 atom stereocenters. The van der Waals surface area contributed by atoms with Crippen LogP contribution in [0, 0.1) is 0 Å². The van der Waals surface area contributed by atoms with E-state index in [4.69, 9.17) is 0 Å². The molecule has 2 rings (SSSR count). The van der Waals surface area contributed by atoms with E-state index in [2.05, 4.69) is 5.32 Å². The van der Waals surface area contributed by atoms with Gasteiger partial charge in [0.2, 0.25) is 11.8 Å². The summed E-state index contributed by atoms with van der Waals surface area (Å²) in [5, 5.41) is 11.8. The number of aliphatic carboxylic acids is 1. The van der Waals surface area contributed by atoms with E-state index in [0.717, 1.165) is 12.0 Å². The van der Waals surface area contributed by atoms with E-state index >= 15 is 0 Å². The SMILES string of the molecule is CS[C@@H](Cc1ccccc1)C(=O)N[C@H]1CCCC(C)(C)N(CC(=O)O)C1=O. The van der Waals surface area contributed by atoms with Gasteiger partial charge in [0.05, 0.1) is 5.25 Å². The highest BCUT2D eigenvalue weighted by Crippen LogP contribution is 2.27. The Morgan fingerprint density at radius 1 is 1.33 bits per heavy atom. The molecule has 27 heavy (non-hydrogen) atoms. The lowest BCUT2D eigenvalue weighted by molar-refractivity contribution is -0.149. The molecular formula is C20H28N2O4S. The van der Waals surface area contributed by atoms with Gasteiger partial charge in [0, 0.05) is 5.54 Å². The van der Waals surface area contributed by atoms with Crippen molar-refractivity contribution in [3.63, 3.8) is 0 Å². The molecule has 1 fully saturated rings. The third-order valence-electron chi connectivity index (χ3n) is 5.03. The Labute approximate surface area is 164 Å². The molecule has 148 valence electrons. The first-order valence-corrected chi connectivity index (χ1v) is 10.4. The monoisotopic (exact) mass is 392 g/mol. The molecule has 0 saturated carbocycles. The normalized spacial score (nSPS) is 20.6. The molecule has 0 unspecified atom stereocenters. The van der Waals surface area contributed by atoms with Crippen molar-refractivity contribution in [2.45, 2.75) is 56.4 Å². The van der Waals surface area contributed by atoms with Crippen molar-refractivity contribution in [3.05, 3.63) is 35.9 Å². The summed E-state index contributed by atoms with van der Waals surface area (Å²) < 4.78 is 0. The number of likely N-dealkylation sites (tertiary alicyclic amines) is 1. The van der Waals surface area contributed by atoms with Crippen LogP contribution in [-0.2, 0) is 20.8 Å². The summed E-state index contributed by atoms with van der Waals surface area (Å²) in [5.74, 6) is -1.54. The van der Waals surface area contributed by atoms with Gasteiger partial charge >= 0.3 is 5.97 Å². The predicted octanol–water partition coefficient (Wildman–Crippen LogP) is 2.32. The smallest absolute Gasteiger partial charge is 0.323 e. The van der Waals surface area contributed by atoms with E-state index in [9.17, 15) is 19.5 Å². The van der Waals surface area contributed by atoms with Crippen molar-refractivity contribution < 1.29 is 19.5 Å². The van der Waals surface area contributed by atoms with Gasteiger partial charge in [-0.3, -0.25) is 14.4 Å². The second-order valence-corrected chi connectivity index (χ2v) is 8.54. The maximum absolute atomic E-state index is 12.9. The number of hydrogen-bond acceptors (Lipinski definition) is 4. The van der Waals surface area contributed by atoms with Gasteiger partial charge in [-0.15, -0.1) is 0 Å². The summed E-state index contributed by atoms with van der Waals surface area (Å²) in [4.78, 5) is 38.3. The first-order chi connectivity index (χ1) is 12.7. The first-order valence-electron chi connectivity index (χ1n) is 9.15. The number of nitrogens with one attached hydrogen (secondary N) is 1. The average Bonchev–Trinajstić information content (AvgIpc) is 2.72. The molecule has 1 saturated heterocycles. The Morgan fingerprint density at radius 3 is 2.59 bits per heavy atom. The topological polar surface area (TPSA) is 86.7 Å². The molecule has 6 nitrogen and oxygen atoms in total. The van der Waals surface area contributed by atoms with E-state index in [1.807, 2.05) is 50.4 Å². The van der Waals surface area contributed by atoms with E-state index in [1.54, 1.807) is 0 Å². The fourth-order valence-electron chi connectivity index (χ4n) is 3.42. The van der Waals surface area contributed by atoms with Crippen molar-refractivity contribution in [1.82, 2.24) is 10.2 Å². The number of rotatable bonds is 7. The van der Waals surface area contributed by atoms with Gasteiger partial charge in [-0.25, -0.2) is 0 Å². The van der Waals surface area contributed by atoms with Crippen molar-refractivity contribution in [1.29, 1.82) is 0 Å². The van der Waals surface area contributed by atoms with Crippen LogP contribution in [0.4, 0.5) is 0 Å². The van der Waals surface area contributed by atoms with E-state index in [1.165, 1.54) is 16.7 Å². The van der Waals surface area contributed by atoms with Crippen LogP contribution < -0.4 is 5.32 Å². The van der Waals surface area contributed by atoms with Crippen molar-refractivity contribution >= 4 is 29.5 Å². The molecule has 2 amide bonds. The van der Waals surface area contributed by atoms with Crippen LogP contribution in [0.2, 0.25) is 0 Å². The Balaban J connectivity index is 2.10. The average molecular weight is 393 g/mol. The van der Waals surface area contributed by atoms with Crippen LogP contribution in [0.5, 0.6) is 0 Å². The molecule has 0 aliphatic carbocycles. The quantitative estimate of drug-likeness (QED) is 0.744. The zero-order chi connectivity index (χ0) is 20.0. The molecule has 0 radical (unpaired) electrons. The van der Waals surface area contributed by atoms with Crippen molar-refractivity contribution in [3.8, 4) is 0 Å². The lowest BCUT2D eigenvalue weighted by atomic mass is 9.97. The highest BCUT2D eigenvalue weighted by Gasteiger charge is 2.39. The molecule has 1 heterocycles. The second kappa shape index (κ2) is 9.26. The fourth-order valence-corrected chi connectivity index (χ4v) is 4.06. The summed E-state index contributed by atoms with van der Waals surface area (Å²) in [6.07, 6.45) is 4.44.